The van der Waals surface area contributed by atoms with Crippen molar-refractivity contribution in [2.75, 3.05) is 13.7 Å². The topological polar surface area (TPSA) is 75.7 Å². The van der Waals surface area contributed by atoms with Gasteiger partial charge in [-0.25, -0.2) is 5.06 Å². The molecule has 5 rings (SSSR count). The summed E-state index contributed by atoms with van der Waals surface area (Å²) < 4.78 is 0. The molecule has 6 nitrogen and oxygen atoms in total. The van der Waals surface area contributed by atoms with Crippen molar-refractivity contribution in [1.82, 2.24) is 10.4 Å². The molecule has 0 aromatic carbocycles. The summed E-state index contributed by atoms with van der Waals surface area (Å²) in [6.45, 7) is 22.2. The summed E-state index contributed by atoms with van der Waals surface area (Å²) in [7, 11) is 1.56. The lowest BCUT2D eigenvalue weighted by atomic mass is 9.33. The highest BCUT2D eigenvalue weighted by Crippen LogP contribution is 2.75. The third-order valence-corrected chi connectivity index (χ3v) is 14.2. The second-order valence-corrected chi connectivity index (χ2v) is 16.7. The van der Waals surface area contributed by atoms with Gasteiger partial charge >= 0.3 is 0 Å². The van der Waals surface area contributed by atoms with Gasteiger partial charge in [-0.15, -0.1) is 6.58 Å². The summed E-state index contributed by atoms with van der Waals surface area (Å²) in [5.41, 5.74) is 0.432. The molecule has 42 heavy (non-hydrogen) atoms. The zero-order chi connectivity index (χ0) is 31.1. The molecule has 0 radical (unpaired) electrons. The van der Waals surface area contributed by atoms with Crippen LogP contribution in [0.2, 0.25) is 0 Å². The minimum Gasteiger partial charge on any atom is -0.353 e. The fourth-order valence-electron chi connectivity index (χ4n) is 11.5. The van der Waals surface area contributed by atoms with Gasteiger partial charge in [-0.05, 0) is 103 Å². The summed E-state index contributed by atoms with van der Waals surface area (Å²) in [4.78, 5) is 46.0. The second-order valence-electron chi connectivity index (χ2n) is 16.7. The van der Waals surface area contributed by atoms with E-state index >= 15 is 0 Å². The highest BCUT2D eigenvalue weighted by Gasteiger charge is 2.70. The van der Waals surface area contributed by atoms with Crippen LogP contribution in [0.4, 0.5) is 0 Å². The van der Waals surface area contributed by atoms with Gasteiger partial charge in [-0.3, -0.25) is 19.2 Å². The Morgan fingerprint density at radius 3 is 2.31 bits per heavy atom. The van der Waals surface area contributed by atoms with Crippen LogP contribution in [0.1, 0.15) is 113 Å². The fraction of sp³-hybridized carbons (Fsp3) is 0.806. The molecular formula is C36H56N2O4. The van der Waals surface area contributed by atoms with Crippen LogP contribution in [0, 0.1) is 50.2 Å². The van der Waals surface area contributed by atoms with Gasteiger partial charge in [0.25, 0.3) is 5.91 Å². The molecule has 0 aliphatic heterocycles. The van der Waals surface area contributed by atoms with Crippen LogP contribution < -0.4 is 5.32 Å². The van der Waals surface area contributed by atoms with Crippen LogP contribution in [-0.4, -0.2) is 42.4 Å². The van der Waals surface area contributed by atoms with Crippen molar-refractivity contribution in [3.8, 4) is 0 Å². The molecule has 9 atom stereocenters. The predicted octanol–water partition coefficient (Wildman–Crippen LogP) is 7.05. The quantitative estimate of drug-likeness (QED) is 0.279. The van der Waals surface area contributed by atoms with Gasteiger partial charge in [0.05, 0.1) is 13.7 Å². The van der Waals surface area contributed by atoms with Crippen molar-refractivity contribution >= 4 is 17.6 Å². The van der Waals surface area contributed by atoms with E-state index in [1.807, 2.05) is 0 Å². The van der Waals surface area contributed by atoms with E-state index < -0.39 is 5.41 Å². The van der Waals surface area contributed by atoms with Crippen LogP contribution >= 0.6 is 0 Å². The first-order valence-electron chi connectivity index (χ1n) is 16.4. The van der Waals surface area contributed by atoms with E-state index in [-0.39, 0.29) is 56.8 Å². The third kappa shape index (κ3) is 4.24. The lowest BCUT2D eigenvalue weighted by molar-refractivity contribution is -0.195. The van der Waals surface area contributed by atoms with Crippen LogP contribution in [0.5, 0.6) is 0 Å². The molecule has 5 aliphatic carbocycles. The highest BCUT2D eigenvalue weighted by atomic mass is 16.7. The van der Waals surface area contributed by atoms with Crippen molar-refractivity contribution in [3.63, 3.8) is 0 Å². The second kappa shape index (κ2) is 10.0. The Balaban J connectivity index is 1.54. The first-order chi connectivity index (χ1) is 19.4. The Bertz CT molecular complexity index is 1210. The number of allylic oxidation sites excluding steroid dienone is 2. The van der Waals surface area contributed by atoms with Crippen LogP contribution in [0.3, 0.4) is 0 Å². The molecule has 0 spiro atoms. The van der Waals surface area contributed by atoms with Crippen molar-refractivity contribution < 1.29 is 19.2 Å². The standard InChI is InChI=1S/C36H56N2O4/c1-11-20-38(42-10)30(41)33(6)17-16-32(5)18-19-35(8)24(25(32)22-33)21-26(40)29-34(7)14-13-28(37-23(2)39)31(3,4)27(34)12-15-36(29,35)9/h11,21,25,27-29H,1,12-20,22H2,2-10H3,(H,37,39)/t25-,27?,28-,29+,32+,33-,34-,35+,36+/m0/s1. The molecule has 0 heterocycles. The maximum atomic E-state index is 14.6. The minimum atomic E-state index is -0.543. The normalized spacial score (nSPS) is 45.7. The SMILES string of the molecule is C=CCN(OC)C(=O)[C@@]1(C)CC[C@]2(C)CC[C@]3(C)C(=CC(=O)[C@@H]4[C@@]5(C)CC[C@H](NC(C)=O)C(C)(C)C5CC[C@]43C)[C@@H]2C1. The average molecular weight is 581 g/mol. The number of nitrogens with zero attached hydrogens (tertiary/aromatic N) is 1. The first-order valence-corrected chi connectivity index (χ1v) is 16.4. The van der Waals surface area contributed by atoms with E-state index in [1.54, 1.807) is 20.1 Å². The van der Waals surface area contributed by atoms with Gasteiger partial charge in [0.2, 0.25) is 5.91 Å². The number of fused-ring (bicyclic) bond motifs is 7. The fourth-order valence-corrected chi connectivity index (χ4v) is 11.5. The van der Waals surface area contributed by atoms with Crippen molar-refractivity contribution in [2.24, 2.45) is 50.2 Å². The Hall–Kier alpha value is -1.95. The first kappa shape index (κ1) is 31.5. The van der Waals surface area contributed by atoms with Crippen molar-refractivity contribution in [2.45, 2.75) is 119 Å². The van der Waals surface area contributed by atoms with Crippen LogP contribution in [-0.2, 0) is 19.2 Å². The molecule has 1 N–H and O–H groups in total. The number of rotatable bonds is 5. The van der Waals surface area contributed by atoms with E-state index in [4.69, 9.17) is 4.84 Å². The molecule has 0 aromatic rings. The lowest BCUT2D eigenvalue weighted by Gasteiger charge is -2.70. The molecule has 0 aromatic heterocycles. The largest absolute Gasteiger partial charge is 0.353 e. The van der Waals surface area contributed by atoms with Gasteiger partial charge in [0, 0.05) is 24.3 Å². The van der Waals surface area contributed by atoms with E-state index in [0.717, 1.165) is 57.8 Å². The van der Waals surface area contributed by atoms with Gasteiger partial charge in [0.15, 0.2) is 5.78 Å². The Morgan fingerprint density at radius 2 is 1.69 bits per heavy atom. The summed E-state index contributed by atoms with van der Waals surface area (Å²) in [6, 6.07) is 0.137. The summed E-state index contributed by atoms with van der Waals surface area (Å²) in [6.07, 6.45) is 12.5. The number of hydrogen-bond donors (Lipinski definition) is 1. The molecule has 4 fully saturated rings. The van der Waals surface area contributed by atoms with Crippen LogP contribution in [0.25, 0.3) is 0 Å². The Kier molecular flexibility index (Phi) is 7.52. The number of hydroxylamine groups is 2. The zero-order valence-corrected chi connectivity index (χ0v) is 27.8. The molecule has 1 unspecified atom stereocenters. The summed E-state index contributed by atoms with van der Waals surface area (Å²) in [5, 5.41) is 4.71. The third-order valence-electron chi connectivity index (χ3n) is 14.2. The number of nitrogens with one attached hydrogen (secondary N) is 1. The number of amides is 2. The average Bonchev–Trinajstić information content (AvgIpc) is 2.90. The molecule has 0 saturated heterocycles. The Morgan fingerprint density at radius 1 is 1.02 bits per heavy atom. The summed E-state index contributed by atoms with van der Waals surface area (Å²) in [5.74, 6) is 0.891. The smallest absolute Gasteiger partial charge is 0.252 e. The zero-order valence-electron chi connectivity index (χ0n) is 27.8. The van der Waals surface area contributed by atoms with E-state index in [1.165, 1.54) is 10.6 Å². The predicted molar refractivity (Wildman–Crippen MR) is 166 cm³/mol. The van der Waals surface area contributed by atoms with E-state index in [0.29, 0.717) is 18.2 Å². The highest BCUT2D eigenvalue weighted by molar-refractivity contribution is 5.95. The van der Waals surface area contributed by atoms with Gasteiger partial charge < -0.3 is 5.32 Å². The van der Waals surface area contributed by atoms with Crippen LogP contribution in [0.15, 0.2) is 24.3 Å². The minimum absolute atomic E-state index is 0.0252. The van der Waals surface area contributed by atoms with Gasteiger partial charge in [-0.2, -0.15) is 0 Å². The molecule has 0 bridgehead atoms. The monoisotopic (exact) mass is 580 g/mol. The molecule has 234 valence electrons. The van der Waals surface area contributed by atoms with Crippen molar-refractivity contribution in [1.29, 1.82) is 0 Å². The molecular weight excluding hydrogens is 524 g/mol. The molecule has 2 amide bonds. The Labute approximate surface area is 254 Å². The molecule has 6 heteroatoms. The number of carbonyl (C=O) groups is 3. The van der Waals surface area contributed by atoms with E-state index in [2.05, 4.69) is 66.4 Å². The van der Waals surface area contributed by atoms with Gasteiger partial charge in [-0.1, -0.05) is 60.1 Å². The van der Waals surface area contributed by atoms with Crippen molar-refractivity contribution in [3.05, 3.63) is 24.3 Å². The lowest BCUT2D eigenvalue weighted by Crippen LogP contribution is -2.67. The molecule has 4 saturated carbocycles. The molecule has 5 aliphatic rings. The summed E-state index contributed by atoms with van der Waals surface area (Å²) >= 11 is 0. The number of ketones is 1. The van der Waals surface area contributed by atoms with E-state index in [9.17, 15) is 14.4 Å². The maximum Gasteiger partial charge on any atom is 0.252 e. The maximum absolute atomic E-state index is 14.6. The number of carbonyl (C=O) groups excluding carboxylic acids is 3. The van der Waals surface area contributed by atoms with Gasteiger partial charge in [0.1, 0.15) is 0 Å². The number of hydrogen-bond acceptors (Lipinski definition) is 4.